The van der Waals surface area contributed by atoms with Crippen LogP contribution in [0.15, 0.2) is 22.7 Å². The van der Waals surface area contributed by atoms with E-state index in [9.17, 15) is 4.79 Å². The molecule has 140 valence electrons. The van der Waals surface area contributed by atoms with Crippen LogP contribution >= 0.6 is 15.9 Å². The first-order chi connectivity index (χ1) is 12.5. The number of amides is 2. The fourth-order valence-electron chi connectivity index (χ4n) is 4.73. The maximum absolute atomic E-state index is 12.5. The number of nitrogens with zero attached hydrogens (tertiary/aromatic N) is 2. The summed E-state index contributed by atoms with van der Waals surface area (Å²) in [7, 11) is 2.18. The van der Waals surface area contributed by atoms with Gasteiger partial charge in [0.05, 0.1) is 6.04 Å². The molecule has 6 heteroatoms. The van der Waals surface area contributed by atoms with Crippen LogP contribution in [0.3, 0.4) is 0 Å². The SMILES string of the molecule is CCN(CC)C(=O)N[C@H]1C=C2c3c(Br)ccc4c3[C@@H](CN4)C[C@H]2N(C)C1. The molecule has 26 heavy (non-hydrogen) atoms. The van der Waals surface area contributed by atoms with Crippen LogP contribution in [0.4, 0.5) is 10.5 Å². The number of halogens is 1. The molecule has 0 unspecified atom stereocenters. The van der Waals surface area contributed by atoms with Crippen molar-refractivity contribution in [1.82, 2.24) is 15.1 Å². The van der Waals surface area contributed by atoms with Crippen LogP contribution in [0.5, 0.6) is 0 Å². The van der Waals surface area contributed by atoms with Gasteiger partial charge in [0.1, 0.15) is 0 Å². The number of carbonyl (C=O) groups excluding carboxylic acids is 1. The van der Waals surface area contributed by atoms with Gasteiger partial charge in [0.25, 0.3) is 0 Å². The van der Waals surface area contributed by atoms with Gasteiger partial charge in [0.15, 0.2) is 0 Å². The lowest BCUT2D eigenvalue weighted by atomic mass is 9.75. The third-order valence-corrected chi connectivity index (χ3v) is 6.72. The molecule has 0 saturated carbocycles. The van der Waals surface area contributed by atoms with Gasteiger partial charge >= 0.3 is 6.03 Å². The molecule has 2 N–H and O–H groups in total. The molecule has 0 aromatic heterocycles. The fourth-order valence-corrected chi connectivity index (χ4v) is 5.31. The molecule has 3 aliphatic rings. The number of urea groups is 1. The van der Waals surface area contributed by atoms with Gasteiger partial charge in [-0.05, 0) is 56.1 Å². The fraction of sp³-hybridized carbons (Fsp3) is 0.550. The molecule has 2 heterocycles. The third kappa shape index (κ3) is 2.83. The van der Waals surface area contributed by atoms with Gasteiger partial charge in [0, 0.05) is 48.3 Å². The standard InChI is InChI=1S/C20H27BrN4O/c1-4-25(5-2)20(26)23-13-9-14-17(24(3)11-13)8-12-10-22-16-7-6-15(21)19(14)18(12)16/h6-7,9,12-13,17,22H,4-5,8,10-11H2,1-3H3,(H,23,26)/t12-,13+,17-/m1/s1. The Morgan fingerprint density at radius 3 is 2.88 bits per heavy atom. The topological polar surface area (TPSA) is 47.6 Å². The smallest absolute Gasteiger partial charge is 0.317 e. The van der Waals surface area contributed by atoms with Crippen molar-refractivity contribution in [3.8, 4) is 0 Å². The summed E-state index contributed by atoms with van der Waals surface area (Å²) in [6.07, 6.45) is 3.43. The Morgan fingerprint density at radius 1 is 1.38 bits per heavy atom. The molecule has 0 fully saturated rings. The average molecular weight is 419 g/mol. The molecule has 1 aliphatic carbocycles. The largest absolute Gasteiger partial charge is 0.384 e. The predicted molar refractivity (Wildman–Crippen MR) is 110 cm³/mol. The number of hydrogen-bond acceptors (Lipinski definition) is 3. The van der Waals surface area contributed by atoms with Crippen molar-refractivity contribution in [3.05, 3.63) is 33.8 Å². The molecule has 4 rings (SSSR count). The minimum Gasteiger partial charge on any atom is -0.384 e. The zero-order chi connectivity index (χ0) is 18.4. The monoisotopic (exact) mass is 418 g/mol. The Bertz CT molecular complexity index is 758. The quantitative estimate of drug-likeness (QED) is 0.789. The number of nitrogens with one attached hydrogen (secondary N) is 2. The highest BCUT2D eigenvalue weighted by Crippen LogP contribution is 2.50. The first kappa shape index (κ1) is 17.9. The second kappa shape index (κ2) is 6.89. The average Bonchev–Trinajstić information content (AvgIpc) is 3.02. The molecule has 0 saturated heterocycles. The molecular formula is C20H27BrN4O. The van der Waals surface area contributed by atoms with Crippen molar-refractivity contribution in [2.24, 2.45) is 0 Å². The van der Waals surface area contributed by atoms with Crippen molar-refractivity contribution in [2.75, 3.05) is 38.5 Å². The van der Waals surface area contributed by atoms with E-state index >= 15 is 0 Å². The Labute approximate surface area is 163 Å². The summed E-state index contributed by atoms with van der Waals surface area (Å²) in [5, 5.41) is 6.78. The van der Waals surface area contributed by atoms with Crippen LogP contribution in [-0.2, 0) is 0 Å². The molecule has 0 spiro atoms. The Balaban J connectivity index is 1.69. The summed E-state index contributed by atoms with van der Waals surface area (Å²) in [4.78, 5) is 16.8. The number of fused-ring (bicyclic) bond motifs is 2. The van der Waals surface area contributed by atoms with Gasteiger partial charge in [-0.25, -0.2) is 4.79 Å². The highest BCUT2D eigenvalue weighted by molar-refractivity contribution is 9.10. The molecule has 3 atom stereocenters. The van der Waals surface area contributed by atoms with Crippen LogP contribution in [-0.4, -0.2) is 61.1 Å². The van der Waals surface area contributed by atoms with Crippen LogP contribution in [0.2, 0.25) is 0 Å². The highest BCUT2D eigenvalue weighted by Gasteiger charge is 2.41. The molecule has 2 aliphatic heterocycles. The lowest BCUT2D eigenvalue weighted by molar-refractivity contribution is 0.191. The summed E-state index contributed by atoms with van der Waals surface area (Å²) in [5.74, 6) is 0.573. The summed E-state index contributed by atoms with van der Waals surface area (Å²) < 4.78 is 1.16. The Kier molecular flexibility index (Phi) is 4.73. The number of carbonyl (C=O) groups is 1. The van der Waals surface area contributed by atoms with Crippen molar-refractivity contribution < 1.29 is 4.79 Å². The van der Waals surface area contributed by atoms with Gasteiger partial charge in [-0.1, -0.05) is 22.0 Å². The molecule has 5 nitrogen and oxygen atoms in total. The number of benzene rings is 1. The first-order valence-corrected chi connectivity index (χ1v) is 10.4. The normalized spacial score (nSPS) is 26.5. The van der Waals surface area contributed by atoms with Crippen LogP contribution < -0.4 is 10.6 Å². The van der Waals surface area contributed by atoms with Gasteiger partial charge < -0.3 is 15.5 Å². The molecule has 1 aromatic rings. The number of anilines is 1. The maximum Gasteiger partial charge on any atom is 0.317 e. The van der Waals surface area contributed by atoms with Crippen LogP contribution in [0.25, 0.3) is 5.57 Å². The summed E-state index contributed by atoms with van der Waals surface area (Å²) >= 11 is 3.79. The van der Waals surface area contributed by atoms with E-state index in [4.69, 9.17) is 0 Å². The number of hydrogen-bond donors (Lipinski definition) is 2. The lowest BCUT2D eigenvalue weighted by Gasteiger charge is -2.42. The van der Waals surface area contributed by atoms with Crippen molar-refractivity contribution in [2.45, 2.75) is 38.3 Å². The number of rotatable bonds is 3. The third-order valence-electron chi connectivity index (χ3n) is 6.05. The van der Waals surface area contributed by atoms with Crippen molar-refractivity contribution in [1.29, 1.82) is 0 Å². The van der Waals surface area contributed by atoms with Gasteiger partial charge in [0.2, 0.25) is 0 Å². The molecular weight excluding hydrogens is 392 g/mol. The van der Waals surface area contributed by atoms with Crippen molar-refractivity contribution in [3.63, 3.8) is 0 Å². The van der Waals surface area contributed by atoms with E-state index in [0.29, 0.717) is 12.0 Å². The summed E-state index contributed by atoms with van der Waals surface area (Å²) in [6.45, 7) is 7.38. The van der Waals surface area contributed by atoms with E-state index in [1.54, 1.807) is 0 Å². The lowest BCUT2D eigenvalue weighted by Crippen LogP contribution is -2.52. The van der Waals surface area contributed by atoms with E-state index < -0.39 is 0 Å². The van der Waals surface area contributed by atoms with Gasteiger partial charge in [-0.2, -0.15) is 0 Å². The molecule has 2 amide bonds. The Hall–Kier alpha value is -1.53. The van der Waals surface area contributed by atoms with E-state index in [1.165, 1.54) is 22.4 Å². The van der Waals surface area contributed by atoms with E-state index in [-0.39, 0.29) is 12.1 Å². The summed E-state index contributed by atoms with van der Waals surface area (Å²) in [6, 6.07) is 4.80. The van der Waals surface area contributed by atoms with Crippen LogP contribution in [0.1, 0.15) is 37.3 Å². The zero-order valence-corrected chi connectivity index (χ0v) is 17.3. The highest BCUT2D eigenvalue weighted by atomic mass is 79.9. The molecule has 0 radical (unpaired) electrons. The maximum atomic E-state index is 12.5. The second-order valence-corrected chi connectivity index (χ2v) is 8.36. The Morgan fingerprint density at radius 2 is 2.15 bits per heavy atom. The minimum atomic E-state index is 0.0245. The predicted octanol–water partition coefficient (Wildman–Crippen LogP) is 3.48. The van der Waals surface area contributed by atoms with Crippen molar-refractivity contribution >= 4 is 33.2 Å². The minimum absolute atomic E-state index is 0.0245. The van der Waals surface area contributed by atoms with E-state index in [0.717, 1.165) is 37.1 Å². The summed E-state index contributed by atoms with van der Waals surface area (Å²) in [5.41, 5.74) is 5.41. The number of likely N-dealkylation sites (N-methyl/N-ethyl adjacent to an activating group) is 1. The molecule has 0 bridgehead atoms. The second-order valence-electron chi connectivity index (χ2n) is 7.50. The van der Waals surface area contributed by atoms with E-state index in [2.05, 4.69) is 56.7 Å². The van der Waals surface area contributed by atoms with E-state index in [1.807, 2.05) is 18.7 Å². The molecule has 1 aromatic carbocycles. The van der Waals surface area contributed by atoms with Gasteiger partial charge in [-0.3, -0.25) is 4.90 Å². The van der Waals surface area contributed by atoms with Gasteiger partial charge in [-0.15, -0.1) is 0 Å². The zero-order valence-electron chi connectivity index (χ0n) is 15.7. The first-order valence-electron chi connectivity index (χ1n) is 9.57. The van der Waals surface area contributed by atoms with Crippen LogP contribution in [0, 0.1) is 0 Å².